The fourth-order valence-corrected chi connectivity index (χ4v) is 4.01. The quantitative estimate of drug-likeness (QED) is 0.288. The molecule has 4 aromatic carbocycles. The Morgan fingerprint density at radius 3 is 2.05 bits per heavy atom. The van der Waals surface area contributed by atoms with Gasteiger partial charge in [0.25, 0.3) is 0 Å². The zero-order valence-electron chi connectivity index (χ0n) is 21.7. The maximum Gasteiger partial charge on any atom is 0.347 e. The number of hydrogen-bond acceptors (Lipinski definition) is 9. The maximum atomic E-state index is 12.5. The average molecular weight is 531 g/mol. The topological polar surface area (TPSA) is 143 Å². The van der Waals surface area contributed by atoms with E-state index >= 15 is 0 Å². The van der Waals surface area contributed by atoms with Crippen LogP contribution in [0.1, 0.15) is 10.4 Å². The van der Waals surface area contributed by atoms with Crippen LogP contribution >= 0.6 is 0 Å². The van der Waals surface area contributed by atoms with Gasteiger partial charge in [0.05, 0.1) is 50.6 Å². The lowest BCUT2D eigenvalue weighted by atomic mass is 10.0. The van der Waals surface area contributed by atoms with E-state index in [4.69, 9.17) is 34.2 Å². The Morgan fingerprint density at radius 1 is 0.795 bits per heavy atom. The van der Waals surface area contributed by atoms with E-state index < -0.39 is 11.6 Å². The molecule has 0 aliphatic rings. The first kappa shape index (κ1) is 26.8. The SMILES string of the molecule is COc1cc(N)c(C(=O)O)cc1OC.COc1cc2nc(-c3cccc4ccccc34)oc(=O)c2cc1OC. The van der Waals surface area contributed by atoms with E-state index in [-0.39, 0.29) is 17.1 Å². The van der Waals surface area contributed by atoms with Crippen LogP contribution in [0.5, 0.6) is 23.0 Å². The van der Waals surface area contributed by atoms with Gasteiger partial charge in [0.15, 0.2) is 23.0 Å². The van der Waals surface area contributed by atoms with Gasteiger partial charge in [-0.15, -0.1) is 0 Å². The summed E-state index contributed by atoms with van der Waals surface area (Å²) in [6.45, 7) is 0. The van der Waals surface area contributed by atoms with Crippen molar-refractivity contribution < 1.29 is 33.3 Å². The average Bonchev–Trinajstić information content (AvgIpc) is 2.96. The van der Waals surface area contributed by atoms with Gasteiger partial charge in [-0.05, 0) is 16.8 Å². The molecule has 0 fully saturated rings. The van der Waals surface area contributed by atoms with Gasteiger partial charge in [0.1, 0.15) is 0 Å². The first-order chi connectivity index (χ1) is 18.8. The van der Waals surface area contributed by atoms with E-state index in [1.807, 2.05) is 42.5 Å². The number of rotatable bonds is 6. The first-order valence-electron chi connectivity index (χ1n) is 11.6. The Balaban J connectivity index is 0.000000215. The standard InChI is InChI=1S/C20H15NO4.C9H11NO4/c1-23-17-10-15-16(11-18(17)24-2)21-19(25-20(15)22)14-9-5-7-12-6-3-4-8-13(12)14;1-13-7-3-5(9(11)12)6(10)4-8(7)14-2/h3-11H,1-2H3;3-4H,10H2,1-2H3,(H,11,12). The van der Waals surface area contributed by atoms with Crippen LogP contribution in [0.4, 0.5) is 5.69 Å². The van der Waals surface area contributed by atoms with E-state index in [1.54, 1.807) is 19.2 Å². The fraction of sp³-hybridized carbons (Fsp3) is 0.138. The summed E-state index contributed by atoms with van der Waals surface area (Å²) in [7, 11) is 5.95. The smallest absolute Gasteiger partial charge is 0.347 e. The molecule has 5 aromatic rings. The maximum absolute atomic E-state index is 12.5. The summed E-state index contributed by atoms with van der Waals surface area (Å²) in [5.74, 6) is 0.915. The number of benzene rings is 4. The molecule has 1 heterocycles. The summed E-state index contributed by atoms with van der Waals surface area (Å²) in [6, 6.07) is 19.7. The van der Waals surface area contributed by atoms with Crippen molar-refractivity contribution >= 4 is 33.3 Å². The number of anilines is 1. The molecule has 0 atom stereocenters. The molecule has 0 unspecified atom stereocenters. The Morgan fingerprint density at radius 2 is 1.38 bits per heavy atom. The van der Waals surface area contributed by atoms with Crippen molar-refractivity contribution in [3.05, 3.63) is 82.7 Å². The highest BCUT2D eigenvalue weighted by Crippen LogP contribution is 2.33. The number of methoxy groups -OCH3 is 4. The molecular weight excluding hydrogens is 504 g/mol. The summed E-state index contributed by atoms with van der Waals surface area (Å²) in [5.41, 5.74) is 6.46. The van der Waals surface area contributed by atoms with Crippen LogP contribution in [0.3, 0.4) is 0 Å². The van der Waals surface area contributed by atoms with E-state index in [0.29, 0.717) is 33.9 Å². The molecule has 0 aliphatic heterocycles. The number of aromatic nitrogens is 1. The van der Waals surface area contributed by atoms with Gasteiger partial charge in [-0.25, -0.2) is 14.6 Å². The molecule has 0 radical (unpaired) electrons. The number of nitrogen functional groups attached to an aromatic ring is 1. The summed E-state index contributed by atoms with van der Waals surface area (Å²) < 4.78 is 25.9. The summed E-state index contributed by atoms with van der Waals surface area (Å²) in [6.07, 6.45) is 0. The fourth-order valence-electron chi connectivity index (χ4n) is 4.01. The lowest BCUT2D eigenvalue weighted by Gasteiger charge is -2.09. The number of hydrogen-bond donors (Lipinski definition) is 2. The van der Waals surface area contributed by atoms with Crippen molar-refractivity contribution in [2.75, 3.05) is 34.2 Å². The first-order valence-corrected chi connectivity index (χ1v) is 11.6. The Kier molecular flexibility index (Phi) is 7.85. The third kappa shape index (κ3) is 5.40. The van der Waals surface area contributed by atoms with Crippen LogP contribution < -0.4 is 30.3 Å². The molecule has 0 spiro atoms. The van der Waals surface area contributed by atoms with Gasteiger partial charge in [-0.2, -0.15) is 0 Å². The molecule has 10 heteroatoms. The number of fused-ring (bicyclic) bond motifs is 2. The number of carboxylic acid groups (broad SMARTS) is 1. The zero-order chi connectivity index (χ0) is 28.1. The molecule has 1 aromatic heterocycles. The van der Waals surface area contributed by atoms with Gasteiger partial charge in [-0.1, -0.05) is 36.4 Å². The molecule has 10 nitrogen and oxygen atoms in total. The second-order valence-corrected chi connectivity index (χ2v) is 8.16. The number of ether oxygens (including phenoxy) is 4. The number of aromatic carboxylic acids is 1. The summed E-state index contributed by atoms with van der Waals surface area (Å²) in [5, 5.41) is 11.1. The van der Waals surface area contributed by atoms with Crippen LogP contribution in [-0.4, -0.2) is 44.5 Å². The highest BCUT2D eigenvalue weighted by Gasteiger charge is 2.15. The van der Waals surface area contributed by atoms with E-state index in [9.17, 15) is 9.59 Å². The third-order valence-corrected chi connectivity index (χ3v) is 5.94. The molecule has 0 aliphatic carbocycles. The lowest BCUT2D eigenvalue weighted by Crippen LogP contribution is -2.04. The van der Waals surface area contributed by atoms with Crippen LogP contribution in [0.2, 0.25) is 0 Å². The Labute approximate surface area is 223 Å². The third-order valence-electron chi connectivity index (χ3n) is 5.94. The van der Waals surface area contributed by atoms with Gasteiger partial charge in [0.2, 0.25) is 5.89 Å². The predicted octanol–water partition coefficient (Wildman–Crippen LogP) is 5.01. The normalized spacial score (nSPS) is 10.5. The summed E-state index contributed by atoms with van der Waals surface area (Å²) in [4.78, 5) is 27.7. The second kappa shape index (κ2) is 11.4. The van der Waals surface area contributed by atoms with Gasteiger partial charge >= 0.3 is 11.6 Å². The highest BCUT2D eigenvalue weighted by atomic mass is 16.5. The van der Waals surface area contributed by atoms with Crippen LogP contribution in [0, 0.1) is 0 Å². The van der Waals surface area contributed by atoms with Crippen LogP contribution in [-0.2, 0) is 0 Å². The minimum atomic E-state index is -1.09. The van der Waals surface area contributed by atoms with Crippen molar-refractivity contribution in [3.8, 4) is 34.5 Å². The van der Waals surface area contributed by atoms with E-state index in [0.717, 1.165) is 16.3 Å². The number of nitrogens with two attached hydrogens (primary N) is 1. The monoisotopic (exact) mass is 530 g/mol. The van der Waals surface area contributed by atoms with E-state index in [1.165, 1.54) is 33.5 Å². The van der Waals surface area contributed by atoms with Crippen molar-refractivity contribution in [2.45, 2.75) is 0 Å². The van der Waals surface area contributed by atoms with Crippen molar-refractivity contribution in [3.63, 3.8) is 0 Å². The molecule has 0 amide bonds. The van der Waals surface area contributed by atoms with Gasteiger partial charge in [0, 0.05) is 29.8 Å². The zero-order valence-corrected chi connectivity index (χ0v) is 21.7. The second-order valence-electron chi connectivity index (χ2n) is 8.16. The van der Waals surface area contributed by atoms with Crippen LogP contribution in [0.25, 0.3) is 33.1 Å². The lowest BCUT2D eigenvalue weighted by molar-refractivity contribution is 0.0697. The molecule has 0 saturated carbocycles. The largest absolute Gasteiger partial charge is 0.493 e. The molecule has 39 heavy (non-hydrogen) atoms. The highest BCUT2D eigenvalue weighted by molar-refractivity contribution is 5.96. The van der Waals surface area contributed by atoms with Crippen molar-refractivity contribution in [1.82, 2.24) is 4.98 Å². The molecule has 3 N–H and O–H groups in total. The van der Waals surface area contributed by atoms with Gasteiger partial charge < -0.3 is 34.2 Å². The summed E-state index contributed by atoms with van der Waals surface area (Å²) >= 11 is 0. The molecular formula is C29H26N2O8. The predicted molar refractivity (Wildman–Crippen MR) is 147 cm³/mol. The van der Waals surface area contributed by atoms with Crippen molar-refractivity contribution in [1.29, 1.82) is 0 Å². The molecule has 200 valence electrons. The van der Waals surface area contributed by atoms with Gasteiger partial charge in [-0.3, -0.25) is 0 Å². The van der Waals surface area contributed by atoms with Crippen LogP contribution in [0.15, 0.2) is 75.9 Å². The molecule has 0 saturated heterocycles. The Hall–Kier alpha value is -5.25. The Bertz CT molecular complexity index is 1720. The van der Waals surface area contributed by atoms with E-state index in [2.05, 4.69) is 4.98 Å². The molecule has 0 bridgehead atoms. The van der Waals surface area contributed by atoms with Crippen molar-refractivity contribution in [2.24, 2.45) is 0 Å². The number of carboxylic acids is 1. The minimum Gasteiger partial charge on any atom is -0.493 e. The number of nitrogens with zero attached hydrogens (tertiary/aromatic N) is 1. The molecule has 5 rings (SSSR count). The minimum absolute atomic E-state index is 0.00245. The number of carbonyl (C=O) groups is 1.